The molecule has 0 aromatic carbocycles. The molecule has 1 aliphatic heterocycles. The Kier molecular flexibility index (Phi) is 3.40. The van der Waals surface area contributed by atoms with E-state index in [4.69, 9.17) is 4.74 Å². The van der Waals surface area contributed by atoms with Gasteiger partial charge in [-0.3, -0.25) is 4.79 Å². The maximum absolute atomic E-state index is 11.6. The van der Waals surface area contributed by atoms with Crippen LogP contribution < -0.4 is 5.32 Å². The first kappa shape index (κ1) is 9.97. The molecule has 1 saturated heterocycles. The van der Waals surface area contributed by atoms with E-state index in [1.807, 2.05) is 0 Å². The van der Waals surface area contributed by atoms with Gasteiger partial charge in [-0.1, -0.05) is 12.8 Å². The Hall–Kier alpha value is -0.570. The summed E-state index contributed by atoms with van der Waals surface area (Å²) in [5.41, 5.74) is 0. The zero-order valence-corrected chi connectivity index (χ0v) is 8.63. The van der Waals surface area contributed by atoms with Crippen LogP contribution in [-0.2, 0) is 9.53 Å². The van der Waals surface area contributed by atoms with Gasteiger partial charge in [-0.2, -0.15) is 0 Å². The molecule has 1 heterocycles. The monoisotopic (exact) mass is 197 g/mol. The van der Waals surface area contributed by atoms with Crippen LogP contribution in [0.1, 0.15) is 38.5 Å². The first-order chi connectivity index (χ1) is 6.86. The van der Waals surface area contributed by atoms with Crippen molar-refractivity contribution < 1.29 is 9.53 Å². The minimum absolute atomic E-state index is 0.248. The van der Waals surface area contributed by atoms with Crippen LogP contribution in [0, 0.1) is 5.92 Å². The Morgan fingerprint density at radius 2 is 2.00 bits per heavy atom. The van der Waals surface area contributed by atoms with Crippen LogP contribution in [0.5, 0.6) is 0 Å². The van der Waals surface area contributed by atoms with E-state index in [9.17, 15) is 4.79 Å². The van der Waals surface area contributed by atoms with Crippen molar-refractivity contribution >= 4 is 5.91 Å². The summed E-state index contributed by atoms with van der Waals surface area (Å²) in [5.74, 6) is 0.536. The van der Waals surface area contributed by atoms with Gasteiger partial charge >= 0.3 is 0 Å². The second-order valence-corrected chi connectivity index (χ2v) is 4.36. The summed E-state index contributed by atoms with van der Waals surface area (Å²) in [4.78, 5) is 11.6. The van der Waals surface area contributed by atoms with Crippen molar-refractivity contribution in [2.45, 2.75) is 44.6 Å². The van der Waals surface area contributed by atoms with Crippen molar-refractivity contribution in [1.82, 2.24) is 5.32 Å². The molecule has 3 heteroatoms. The first-order valence-electron chi connectivity index (χ1n) is 5.75. The van der Waals surface area contributed by atoms with E-state index in [-0.39, 0.29) is 17.9 Å². The normalized spacial score (nSPS) is 28.1. The molecule has 14 heavy (non-hydrogen) atoms. The molecule has 0 unspecified atom stereocenters. The third kappa shape index (κ3) is 2.47. The van der Waals surface area contributed by atoms with Gasteiger partial charge in [-0.05, 0) is 25.7 Å². The van der Waals surface area contributed by atoms with Crippen LogP contribution in [0.4, 0.5) is 0 Å². The number of carbonyl (C=O) groups excluding carboxylic acids is 1. The molecular weight excluding hydrogens is 178 g/mol. The van der Waals surface area contributed by atoms with Crippen LogP contribution in [0.15, 0.2) is 0 Å². The van der Waals surface area contributed by atoms with Crippen molar-refractivity contribution in [2.75, 3.05) is 13.2 Å². The fourth-order valence-electron chi connectivity index (χ4n) is 2.35. The van der Waals surface area contributed by atoms with Gasteiger partial charge in [-0.15, -0.1) is 0 Å². The van der Waals surface area contributed by atoms with E-state index in [0.717, 1.165) is 38.8 Å². The van der Waals surface area contributed by atoms with Crippen molar-refractivity contribution in [3.63, 3.8) is 0 Å². The van der Waals surface area contributed by atoms with Crippen LogP contribution in [-0.4, -0.2) is 25.2 Å². The minimum atomic E-state index is 0.248. The zero-order chi connectivity index (χ0) is 9.80. The average Bonchev–Trinajstić information content (AvgIpc) is 2.87. The molecule has 1 saturated carbocycles. The third-order valence-corrected chi connectivity index (χ3v) is 3.25. The quantitative estimate of drug-likeness (QED) is 0.744. The fraction of sp³-hybridized carbons (Fsp3) is 0.909. The van der Waals surface area contributed by atoms with Gasteiger partial charge in [0.25, 0.3) is 0 Å². The zero-order valence-electron chi connectivity index (χ0n) is 8.63. The largest absolute Gasteiger partial charge is 0.376 e. The van der Waals surface area contributed by atoms with Crippen molar-refractivity contribution in [1.29, 1.82) is 0 Å². The number of hydrogen-bond donors (Lipinski definition) is 1. The highest BCUT2D eigenvalue weighted by atomic mass is 16.5. The molecule has 0 bridgehead atoms. The molecule has 1 N–H and O–H groups in total. The van der Waals surface area contributed by atoms with Crippen molar-refractivity contribution in [3.8, 4) is 0 Å². The predicted octanol–water partition coefficient (Wildman–Crippen LogP) is 1.47. The SMILES string of the molecule is O=C(NC[C@H]1CCCO1)C1CCCC1. The Labute approximate surface area is 85.2 Å². The fourth-order valence-corrected chi connectivity index (χ4v) is 2.35. The van der Waals surface area contributed by atoms with E-state index < -0.39 is 0 Å². The van der Waals surface area contributed by atoms with Crippen LogP contribution >= 0.6 is 0 Å². The molecule has 0 spiro atoms. The number of carbonyl (C=O) groups is 1. The summed E-state index contributed by atoms with van der Waals surface area (Å²) < 4.78 is 5.45. The molecule has 0 aromatic rings. The number of rotatable bonds is 3. The van der Waals surface area contributed by atoms with Gasteiger partial charge < -0.3 is 10.1 Å². The molecule has 3 nitrogen and oxygen atoms in total. The lowest BCUT2D eigenvalue weighted by Gasteiger charge is -2.13. The highest BCUT2D eigenvalue weighted by Gasteiger charge is 2.23. The first-order valence-corrected chi connectivity index (χ1v) is 5.75. The molecule has 1 aliphatic carbocycles. The smallest absolute Gasteiger partial charge is 0.223 e. The second-order valence-electron chi connectivity index (χ2n) is 4.36. The predicted molar refractivity (Wildman–Crippen MR) is 53.9 cm³/mol. The highest BCUT2D eigenvalue weighted by molar-refractivity contribution is 5.78. The number of amides is 1. The lowest BCUT2D eigenvalue weighted by atomic mass is 10.1. The van der Waals surface area contributed by atoms with Gasteiger partial charge in [0.1, 0.15) is 0 Å². The lowest BCUT2D eigenvalue weighted by molar-refractivity contribution is -0.125. The number of hydrogen-bond acceptors (Lipinski definition) is 2. The summed E-state index contributed by atoms with van der Waals surface area (Å²) in [5, 5.41) is 3.00. The van der Waals surface area contributed by atoms with Crippen molar-refractivity contribution in [2.24, 2.45) is 5.92 Å². The molecule has 80 valence electrons. The standard InChI is InChI=1S/C11H19NO2/c13-11(9-4-1-2-5-9)12-8-10-6-3-7-14-10/h9-10H,1-8H2,(H,12,13)/t10-/m1/s1. The average molecular weight is 197 g/mol. The number of nitrogens with one attached hydrogen (secondary N) is 1. The van der Waals surface area contributed by atoms with Gasteiger partial charge in [0.05, 0.1) is 6.10 Å². The van der Waals surface area contributed by atoms with E-state index in [0.29, 0.717) is 0 Å². The Morgan fingerprint density at radius 1 is 1.21 bits per heavy atom. The summed E-state index contributed by atoms with van der Waals surface area (Å²) in [6, 6.07) is 0. The van der Waals surface area contributed by atoms with E-state index >= 15 is 0 Å². The summed E-state index contributed by atoms with van der Waals surface area (Å²) in [6.07, 6.45) is 7.12. The van der Waals surface area contributed by atoms with Crippen molar-refractivity contribution in [3.05, 3.63) is 0 Å². The maximum atomic E-state index is 11.6. The lowest BCUT2D eigenvalue weighted by Crippen LogP contribution is -2.35. The molecule has 1 atom stereocenters. The minimum Gasteiger partial charge on any atom is -0.376 e. The van der Waals surface area contributed by atoms with Gasteiger partial charge in [0, 0.05) is 19.1 Å². The molecule has 2 fully saturated rings. The summed E-state index contributed by atoms with van der Waals surface area (Å²) >= 11 is 0. The van der Waals surface area contributed by atoms with Gasteiger partial charge in [-0.25, -0.2) is 0 Å². The summed E-state index contributed by atoms with van der Waals surface area (Å²) in [6.45, 7) is 1.58. The van der Waals surface area contributed by atoms with Crippen LogP contribution in [0.2, 0.25) is 0 Å². The summed E-state index contributed by atoms with van der Waals surface area (Å²) in [7, 11) is 0. The molecule has 1 amide bonds. The number of ether oxygens (including phenoxy) is 1. The molecule has 0 radical (unpaired) electrons. The Bertz CT molecular complexity index is 193. The van der Waals surface area contributed by atoms with Crippen LogP contribution in [0.3, 0.4) is 0 Å². The highest BCUT2D eigenvalue weighted by Crippen LogP contribution is 2.24. The van der Waals surface area contributed by atoms with E-state index in [1.165, 1.54) is 12.8 Å². The maximum Gasteiger partial charge on any atom is 0.223 e. The van der Waals surface area contributed by atoms with Gasteiger partial charge in [0.2, 0.25) is 5.91 Å². The Balaban J connectivity index is 1.66. The molecule has 2 aliphatic rings. The van der Waals surface area contributed by atoms with E-state index in [1.54, 1.807) is 0 Å². The van der Waals surface area contributed by atoms with Gasteiger partial charge in [0.15, 0.2) is 0 Å². The molecule has 2 rings (SSSR count). The van der Waals surface area contributed by atoms with Crippen LogP contribution in [0.25, 0.3) is 0 Å². The Morgan fingerprint density at radius 3 is 2.64 bits per heavy atom. The topological polar surface area (TPSA) is 38.3 Å². The second kappa shape index (κ2) is 4.78. The molecular formula is C11H19NO2. The van der Waals surface area contributed by atoms with E-state index in [2.05, 4.69) is 5.32 Å². The molecule has 0 aromatic heterocycles. The third-order valence-electron chi connectivity index (χ3n) is 3.25.